The van der Waals surface area contributed by atoms with Crippen molar-refractivity contribution in [2.75, 3.05) is 26.6 Å². The van der Waals surface area contributed by atoms with Crippen molar-refractivity contribution in [3.8, 4) is 11.5 Å². The summed E-state index contributed by atoms with van der Waals surface area (Å²) in [4.78, 5) is 18.7. The van der Waals surface area contributed by atoms with Gasteiger partial charge < -0.3 is 19.7 Å². The molecule has 3 rings (SSSR count). The van der Waals surface area contributed by atoms with Gasteiger partial charge in [0.1, 0.15) is 5.82 Å². The molecule has 0 saturated carbocycles. The molecule has 0 atom stereocenters. The summed E-state index contributed by atoms with van der Waals surface area (Å²) in [6, 6.07) is 19.2. The molecule has 0 bridgehead atoms. The van der Waals surface area contributed by atoms with E-state index in [9.17, 15) is 4.79 Å². The Hall–Kier alpha value is -3.54. The van der Waals surface area contributed by atoms with Crippen molar-refractivity contribution < 1.29 is 14.3 Å². The van der Waals surface area contributed by atoms with Crippen LogP contribution in [-0.2, 0) is 13.1 Å². The fourth-order valence-electron chi connectivity index (χ4n) is 2.96. The molecule has 0 aliphatic carbocycles. The van der Waals surface area contributed by atoms with Gasteiger partial charge in [-0.1, -0.05) is 36.4 Å². The van der Waals surface area contributed by atoms with Gasteiger partial charge in [0.05, 0.1) is 19.8 Å². The number of methoxy groups -OCH3 is 2. The van der Waals surface area contributed by atoms with Crippen LogP contribution < -0.4 is 14.8 Å². The van der Waals surface area contributed by atoms with Crippen LogP contribution in [0.4, 0.5) is 5.82 Å². The molecule has 29 heavy (non-hydrogen) atoms. The van der Waals surface area contributed by atoms with Gasteiger partial charge in [-0.2, -0.15) is 0 Å². The second-order valence-electron chi connectivity index (χ2n) is 6.62. The molecule has 0 radical (unpaired) electrons. The molecule has 0 fully saturated rings. The molecular weight excluding hydrogens is 366 g/mol. The minimum Gasteiger partial charge on any atom is -0.493 e. The molecule has 0 spiro atoms. The quantitative estimate of drug-likeness (QED) is 0.629. The van der Waals surface area contributed by atoms with E-state index in [4.69, 9.17) is 9.47 Å². The summed E-state index contributed by atoms with van der Waals surface area (Å²) in [5.41, 5.74) is 2.68. The van der Waals surface area contributed by atoms with Gasteiger partial charge in [-0.05, 0) is 35.4 Å². The minimum absolute atomic E-state index is 0.0622. The topological polar surface area (TPSA) is 63.7 Å². The number of pyridine rings is 1. The van der Waals surface area contributed by atoms with Crippen molar-refractivity contribution >= 4 is 11.7 Å². The van der Waals surface area contributed by atoms with Gasteiger partial charge in [-0.15, -0.1) is 0 Å². The number of carbonyl (C=O) groups excluding carboxylic acids is 1. The highest BCUT2D eigenvalue weighted by Gasteiger charge is 2.12. The molecule has 0 saturated heterocycles. The molecule has 3 aromatic rings. The Kier molecular flexibility index (Phi) is 6.68. The number of ether oxygens (including phenoxy) is 2. The molecular formula is C23H25N3O3. The van der Waals surface area contributed by atoms with Gasteiger partial charge >= 0.3 is 0 Å². The zero-order valence-corrected chi connectivity index (χ0v) is 16.9. The van der Waals surface area contributed by atoms with Crippen LogP contribution in [0.15, 0.2) is 66.9 Å². The molecule has 1 heterocycles. The number of aromatic nitrogens is 1. The maximum atomic E-state index is 12.6. The fraction of sp³-hybridized carbons (Fsp3) is 0.217. The fourth-order valence-corrected chi connectivity index (χ4v) is 2.96. The number of anilines is 1. The summed E-state index contributed by atoms with van der Waals surface area (Å²) in [7, 11) is 5.01. The smallest absolute Gasteiger partial charge is 0.255 e. The molecule has 1 N–H and O–H groups in total. The monoisotopic (exact) mass is 391 g/mol. The maximum absolute atomic E-state index is 12.6. The molecule has 6 heteroatoms. The van der Waals surface area contributed by atoms with E-state index < -0.39 is 0 Å². The molecule has 0 aliphatic heterocycles. The molecule has 0 aliphatic rings. The number of rotatable bonds is 8. The highest BCUT2D eigenvalue weighted by molar-refractivity contribution is 5.93. The molecule has 0 unspecified atom stereocenters. The van der Waals surface area contributed by atoms with E-state index in [1.165, 1.54) is 0 Å². The van der Waals surface area contributed by atoms with Gasteiger partial charge in [-0.25, -0.2) is 4.98 Å². The van der Waals surface area contributed by atoms with Crippen LogP contribution in [-0.4, -0.2) is 37.1 Å². The van der Waals surface area contributed by atoms with E-state index in [0.717, 1.165) is 11.1 Å². The Morgan fingerprint density at radius 2 is 1.72 bits per heavy atom. The van der Waals surface area contributed by atoms with Crippen LogP contribution in [0.5, 0.6) is 11.5 Å². The second-order valence-corrected chi connectivity index (χ2v) is 6.62. The SMILES string of the molecule is COc1ccc(CNc2ccc(C(=O)N(C)Cc3ccccc3)cn2)cc1OC. The number of nitrogens with zero attached hydrogens (tertiary/aromatic N) is 2. The largest absolute Gasteiger partial charge is 0.493 e. The van der Waals surface area contributed by atoms with E-state index in [1.54, 1.807) is 38.4 Å². The van der Waals surface area contributed by atoms with Gasteiger partial charge in [0.2, 0.25) is 0 Å². The summed E-state index contributed by atoms with van der Waals surface area (Å²) in [6.45, 7) is 1.13. The molecule has 1 amide bonds. The van der Waals surface area contributed by atoms with Gasteiger partial charge in [-0.3, -0.25) is 4.79 Å². The third-order valence-electron chi connectivity index (χ3n) is 4.54. The predicted molar refractivity (Wildman–Crippen MR) is 113 cm³/mol. The number of amides is 1. The van der Waals surface area contributed by atoms with Crippen LogP contribution >= 0.6 is 0 Å². The van der Waals surface area contributed by atoms with Crippen molar-refractivity contribution in [2.24, 2.45) is 0 Å². The summed E-state index contributed by atoms with van der Waals surface area (Å²) in [5.74, 6) is 2.01. The van der Waals surface area contributed by atoms with Crippen molar-refractivity contribution in [3.05, 3.63) is 83.6 Å². The van der Waals surface area contributed by atoms with Crippen LogP contribution in [0, 0.1) is 0 Å². The number of hydrogen-bond donors (Lipinski definition) is 1. The first-order chi connectivity index (χ1) is 14.1. The average molecular weight is 391 g/mol. The Labute approximate surface area is 171 Å². The lowest BCUT2D eigenvalue weighted by Gasteiger charge is -2.17. The molecule has 2 aromatic carbocycles. The van der Waals surface area contributed by atoms with Crippen LogP contribution in [0.3, 0.4) is 0 Å². The summed E-state index contributed by atoms with van der Waals surface area (Å²) >= 11 is 0. The third-order valence-corrected chi connectivity index (χ3v) is 4.54. The highest BCUT2D eigenvalue weighted by Crippen LogP contribution is 2.27. The standard InChI is InChI=1S/C23H25N3O3/c1-26(16-17-7-5-4-6-8-17)23(27)19-10-12-22(25-15-19)24-14-18-9-11-20(28-2)21(13-18)29-3/h4-13,15H,14,16H2,1-3H3,(H,24,25). The van der Waals surface area contributed by atoms with Gasteiger partial charge in [0.15, 0.2) is 11.5 Å². The molecule has 6 nitrogen and oxygen atoms in total. The summed E-state index contributed by atoms with van der Waals surface area (Å²) in [5, 5.41) is 3.25. The third kappa shape index (κ3) is 5.25. The Bertz CT molecular complexity index is 943. The zero-order chi connectivity index (χ0) is 20.6. The van der Waals surface area contributed by atoms with E-state index in [-0.39, 0.29) is 5.91 Å². The lowest BCUT2D eigenvalue weighted by atomic mass is 10.2. The van der Waals surface area contributed by atoms with Crippen molar-refractivity contribution in [2.45, 2.75) is 13.1 Å². The Morgan fingerprint density at radius 3 is 2.38 bits per heavy atom. The van der Waals surface area contributed by atoms with Gasteiger partial charge in [0.25, 0.3) is 5.91 Å². The highest BCUT2D eigenvalue weighted by atomic mass is 16.5. The number of hydrogen-bond acceptors (Lipinski definition) is 5. The summed E-state index contributed by atoms with van der Waals surface area (Å²) in [6.07, 6.45) is 1.60. The molecule has 150 valence electrons. The van der Waals surface area contributed by atoms with Crippen LogP contribution in [0.2, 0.25) is 0 Å². The second kappa shape index (κ2) is 9.59. The van der Waals surface area contributed by atoms with Gasteiger partial charge in [0, 0.05) is 26.3 Å². The Morgan fingerprint density at radius 1 is 0.966 bits per heavy atom. The van der Waals surface area contributed by atoms with E-state index >= 15 is 0 Å². The first-order valence-corrected chi connectivity index (χ1v) is 9.31. The Balaban J connectivity index is 1.59. The normalized spacial score (nSPS) is 10.3. The van der Waals surface area contributed by atoms with Crippen molar-refractivity contribution in [3.63, 3.8) is 0 Å². The van der Waals surface area contributed by atoms with E-state index in [1.807, 2.05) is 54.6 Å². The van der Waals surface area contributed by atoms with Crippen LogP contribution in [0.1, 0.15) is 21.5 Å². The van der Waals surface area contributed by atoms with Crippen LogP contribution in [0.25, 0.3) is 0 Å². The average Bonchev–Trinajstić information content (AvgIpc) is 2.78. The lowest BCUT2D eigenvalue weighted by Crippen LogP contribution is -2.26. The predicted octanol–water partition coefficient (Wildman–Crippen LogP) is 3.98. The molecule has 1 aromatic heterocycles. The number of carbonyl (C=O) groups is 1. The van der Waals surface area contributed by atoms with E-state index in [2.05, 4.69) is 10.3 Å². The summed E-state index contributed by atoms with van der Waals surface area (Å²) < 4.78 is 10.6. The zero-order valence-electron chi connectivity index (χ0n) is 16.9. The maximum Gasteiger partial charge on any atom is 0.255 e. The van der Waals surface area contributed by atoms with E-state index in [0.29, 0.717) is 36.0 Å². The number of benzene rings is 2. The minimum atomic E-state index is -0.0622. The van der Waals surface area contributed by atoms with Crippen molar-refractivity contribution in [1.82, 2.24) is 9.88 Å². The number of nitrogens with one attached hydrogen (secondary N) is 1. The van der Waals surface area contributed by atoms with Crippen molar-refractivity contribution in [1.29, 1.82) is 0 Å². The lowest BCUT2D eigenvalue weighted by molar-refractivity contribution is 0.0784. The first-order valence-electron chi connectivity index (χ1n) is 9.31. The first kappa shape index (κ1) is 20.2.